The summed E-state index contributed by atoms with van der Waals surface area (Å²) in [4.78, 5) is 2.44. The smallest absolute Gasteiger partial charge is 0.0615 e. The maximum absolute atomic E-state index is 5.30. The van der Waals surface area contributed by atoms with Crippen molar-refractivity contribution in [1.82, 2.24) is 10.2 Å². The third kappa shape index (κ3) is 9.83. The van der Waals surface area contributed by atoms with E-state index >= 15 is 0 Å². The fraction of sp³-hybridized carbons (Fsp3) is 1.00. The van der Waals surface area contributed by atoms with Gasteiger partial charge in [-0.3, -0.25) is 4.90 Å². The predicted octanol–water partition coefficient (Wildman–Crippen LogP) is 1.75. The number of nitrogens with zero attached hydrogens (tertiary/aromatic N) is 1. The maximum Gasteiger partial charge on any atom is 0.0615 e. The Morgan fingerprint density at radius 1 is 1.17 bits per heavy atom. The van der Waals surface area contributed by atoms with Crippen LogP contribution in [0.3, 0.4) is 0 Å². The fourth-order valence-electron chi connectivity index (χ4n) is 1.98. The molecule has 0 heterocycles. The van der Waals surface area contributed by atoms with Gasteiger partial charge in [0.25, 0.3) is 0 Å². The minimum absolute atomic E-state index is 0.500. The second-order valence-corrected chi connectivity index (χ2v) is 4.59. The summed E-state index contributed by atoms with van der Waals surface area (Å²) in [6.45, 7) is 13.3. The summed E-state index contributed by atoms with van der Waals surface area (Å²) in [5.74, 6) is 0. The van der Waals surface area contributed by atoms with E-state index < -0.39 is 0 Å². The fourth-order valence-corrected chi connectivity index (χ4v) is 1.98. The zero-order valence-electron chi connectivity index (χ0n) is 12.7. The van der Waals surface area contributed by atoms with Crippen molar-refractivity contribution in [3.63, 3.8) is 0 Å². The average molecular weight is 260 g/mol. The van der Waals surface area contributed by atoms with E-state index in [1.807, 2.05) is 6.92 Å². The quantitative estimate of drug-likeness (QED) is 0.512. The number of nitrogens with one attached hydrogen (secondary N) is 1. The van der Waals surface area contributed by atoms with E-state index in [0.717, 1.165) is 52.4 Å². The molecule has 0 aromatic heterocycles. The topological polar surface area (TPSA) is 33.7 Å². The van der Waals surface area contributed by atoms with Gasteiger partial charge in [-0.15, -0.1) is 0 Å². The Morgan fingerprint density at radius 2 is 1.94 bits per heavy atom. The Kier molecular flexibility index (Phi) is 13.2. The van der Waals surface area contributed by atoms with Gasteiger partial charge in [-0.25, -0.2) is 0 Å². The molecular formula is C14H32N2O2. The van der Waals surface area contributed by atoms with Crippen molar-refractivity contribution < 1.29 is 9.47 Å². The lowest BCUT2D eigenvalue weighted by molar-refractivity contribution is 0.103. The second kappa shape index (κ2) is 13.3. The molecule has 1 atom stereocenters. The van der Waals surface area contributed by atoms with Crippen LogP contribution in [0.4, 0.5) is 0 Å². The Hall–Kier alpha value is -0.160. The molecule has 0 aromatic carbocycles. The number of rotatable bonds is 13. The molecule has 0 saturated carbocycles. The van der Waals surface area contributed by atoms with Crippen molar-refractivity contribution >= 4 is 0 Å². The maximum atomic E-state index is 5.30. The van der Waals surface area contributed by atoms with Crippen LogP contribution in [0.1, 0.15) is 33.6 Å². The highest BCUT2D eigenvalue weighted by Gasteiger charge is 2.10. The Bertz CT molecular complexity index is 168. The summed E-state index contributed by atoms with van der Waals surface area (Å²) >= 11 is 0. The van der Waals surface area contributed by atoms with Gasteiger partial charge in [-0.1, -0.05) is 6.92 Å². The van der Waals surface area contributed by atoms with Crippen LogP contribution in [-0.2, 0) is 9.47 Å². The molecule has 0 amide bonds. The molecule has 0 spiro atoms. The molecule has 0 aromatic rings. The SMILES string of the molecule is CCOCCCCNCCN(CC)C(C)COC. The first-order valence-corrected chi connectivity index (χ1v) is 7.27. The van der Waals surface area contributed by atoms with Crippen LogP contribution in [0.25, 0.3) is 0 Å². The monoisotopic (exact) mass is 260 g/mol. The minimum atomic E-state index is 0.500. The largest absolute Gasteiger partial charge is 0.383 e. The van der Waals surface area contributed by atoms with E-state index in [-0.39, 0.29) is 0 Å². The van der Waals surface area contributed by atoms with Crippen LogP contribution in [-0.4, -0.2) is 64.1 Å². The normalized spacial score (nSPS) is 13.2. The molecule has 0 bridgehead atoms. The van der Waals surface area contributed by atoms with Gasteiger partial charge in [-0.05, 0) is 39.8 Å². The van der Waals surface area contributed by atoms with Crippen molar-refractivity contribution in [2.75, 3.05) is 53.1 Å². The second-order valence-electron chi connectivity index (χ2n) is 4.59. The Labute approximate surface area is 113 Å². The summed E-state index contributed by atoms with van der Waals surface area (Å²) in [6.07, 6.45) is 2.35. The van der Waals surface area contributed by atoms with Gasteiger partial charge >= 0.3 is 0 Å². The Morgan fingerprint density at radius 3 is 2.56 bits per heavy atom. The number of ether oxygens (including phenoxy) is 2. The summed E-state index contributed by atoms with van der Waals surface area (Å²) in [5, 5.41) is 3.49. The van der Waals surface area contributed by atoms with E-state index in [2.05, 4.69) is 24.1 Å². The van der Waals surface area contributed by atoms with Gasteiger partial charge in [0, 0.05) is 39.5 Å². The first-order valence-electron chi connectivity index (χ1n) is 7.27. The molecule has 0 fully saturated rings. The van der Waals surface area contributed by atoms with Crippen molar-refractivity contribution in [1.29, 1.82) is 0 Å². The minimum Gasteiger partial charge on any atom is -0.383 e. The van der Waals surface area contributed by atoms with Crippen molar-refractivity contribution in [2.24, 2.45) is 0 Å². The van der Waals surface area contributed by atoms with E-state index in [9.17, 15) is 0 Å². The molecule has 0 aliphatic carbocycles. The van der Waals surface area contributed by atoms with Gasteiger partial charge < -0.3 is 14.8 Å². The number of unbranched alkanes of at least 4 members (excludes halogenated alkanes) is 1. The molecule has 18 heavy (non-hydrogen) atoms. The molecule has 0 aliphatic rings. The molecular weight excluding hydrogens is 228 g/mol. The number of hydrogen-bond acceptors (Lipinski definition) is 4. The molecule has 0 radical (unpaired) electrons. The molecule has 0 aliphatic heterocycles. The van der Waals surface area contributed by atoms with E-state index in [1.165, 1.54) is 6.42 Å². The summed E-state index contributed by atoms with van der Waals surface area (Å²) in [7, 11) is 1.76. The lowest BCUT2D eigenvalue weighted by atomic mass is 10.3. The zero-order chi connectivity index (χ0) is 13.6. The molecule has 110 valence electrons. The third-order valence-corrected chi connectivity index (χ3v) is 3.11. The zero-order valence-corrected chi connectivity index (χ0v) is 12.7. The highest BCUT2D eigenvalue weighted by Crippen LogP contribution is 1.98. The first-order chi connectivity index (χ1) is 8.76. The first kappa shape index (κ1) is 17.8. The van der Waals surface area contributed by atoms with Crippen LogP contribution in [0, 0.1) is 0 Å². The standard InChI is InChI=1S/C14H32N2O2/c1-5-16(14(3)13-17-4)11-10-15-9-7-8-12-18-6-2/h14-15H,5-13H2,1-4H3. The van der Waals surface area contributed by atoms with Gasteiger partial charge in [0.05, 0.1) is 6.61 Å². The summed E-state index contributed by atoms with van der Waals surface area (Å²) in [6, 6.07) is 0.500. The third-order valence-electron chi connectivity index (χ3n) is 3.11. The molecule has 0 rings (SSSR count). The van der Waals surface area contributed by atoms with Gasteiger partial charge in [0.1, 0.15) is 0 Å². The highest BCUT2D eigenvalue weighted by atomic mass is 16.5. The number of methoxy groups -OCH3 is 1. The highest BCUT2D eigenvalue weighted by molar-refractivity contribution is 4.66. The molecule has 4 nitrogen and oxygen atoms in total. The van der Waals surface area contributed by atoms with Crippen LogP contribution in [0.5, 0.6) is 0 Å². The number of likely N-dealkylation sites (N-methyl/N-ethyl adjacent to an activating group) is 1. The van der Waals surface area contributed by atoms with Gasteiger partial charge in [0.2, 0.25) is 0 Å². The molecule has 4 heteroatoms. The molecule has 1 N–H and O–H groups in total. The van der Waals surface area contributed by atoms with E-state index in [1.54, 1.807) is 7.11 Å². The number of hydrogen-bond donors (Lipinski definition) is 1. The van der Waals surface area contributed by atoms with Crippen molar-refractivity contribution in [3.05, 3.63) is 0 Å². The van der Waals surface area contributed by atoms with Crippen molar-refractivity contribution in [3.8, 4) is 0 Å². The summed E-state index contributed by atoms with van der Waals surface area (Å²) < 4.78 is 10.5. The van der Waals surface area contributed by atoms with Crippen molar-refractivity contribution in [2.45, 2.75) is 39.7 Å². The molecule has 0 saturated heterocycles. The summed E-state index contributed by atoms with van der Waals surface area (Å²) in [5.41, 5.74) is 0. The predicted molar refractivity (Wildman–Crippen MR) is 77.2 cm³/mol. The lowest BCUT2D eigenvalue weighted by Crippen LogP contribution is -2.40. The molecule has 1 unspecified atom stereocenters. The van der Waals surface area contributed by atoms with Crippen LogP contribution in [0.15, 0.2) is 0 Å². The van der Waals surface area contributed by atoms with Gasteiger partial charge in [-0.2, -0.15) is 0 Å². The average Bonchev–Trinajstić information content (AvgIpc) is 2.37. The van der Waals surface area contributed by atoms with Gasteiger partial charge in [0.15, 0.2) is 0 Å². The van der Waals surface area contributed by atoms with E-state index in [0.29, 0.717) is 6.04 Å². The van der Waals surface area contributed by atoms with Crippen LogP contribution in [0.2, 0.25) is 0 Å². The van der Waals surface area contributed by atoms with Crippen LogP contribution < -0.4 is 5.32 Å². The lowest BCUT2D eigenvalue weighted by Gasteiger charge is -2.27. The Balaban J connectivity index is 3.39. The van der Waals surface area contributed by atoms with E-state index in [4.69, 9.17) is 9.47 Å². The van der Waals surface area contributed by atoms with Crippen LogP contribution >= 0.6 is 0 Å².